The molecule has 1 saturated carbocycles. The zero-order valence-electron chi connectivity index (χ0n) is 14.4. The average Bonchev–Trinajstić information content (AvgIpc) is 3.37. The first-order chi connectivity index (χ1) is 13.0. The number of imide groups is 1. The molecular formula is C19H17N3O4S. The third-order valence-electron chi connectivity index (χ3n) is 6.35. The van der Waals surface area contributed by atoms with Gasteiger partial charge in [0.25, 0.3) is 11.5 Å². The smallest absolute Gasteiger partial charge is 0.261 e. The number of hydrogen-bond acceptors (Lipinski definition) is 5. The van der Waals surface area contributed by atoms with Crippen molar-refractivity contribution in [2.75, 3.05) is 13.1 Å². The summed E-state index contributed by atoms with van der Waals surface area (Å²) in [7, 11) is 0. The van der Waals surface area contributed by atoms with Crippen LogP contribution in [0, 0.1) is 10.8 Å². The van der Waals surface area contributed by atoms with Gasteiger partial charge in [0.2, 0.25) is 11.8 Å². The van der Waals surface area contributed by atoms with E-state index in [0.29, 0.717) is 18.5 Å². The Kier molecular flexibility index (Phi) is 3.28. The lowest BCUT2D eigenvalue weighted by Gasteiger charge is -2.25. The number of thiophene rings is 1. The number of rotatable bonds is 2. The van der Waals surface area contributed by atoms with E-state index in [1.54, 1.807) is 6.07 Å². The van der Waals surface area contributed by atoms with Crippen LogP contribution in [0.2, 0.25) is 0 Å². The van der Waals surface area contributed by atoms with E-state index in [-0.39, 0.29) is 30.5 Å². The third kappa shape index (κ3) is 2.01. The number of nitrogens with one attached hydrogen (secondary N) is 2. The number of aromatic amines is 1. The van der Waals surface area contributed by atoms with Gasteiger partial charge in [-0.05, 0) is 36.4 Å². The fourth-order valence-corrected chi connectivity index (χ4v) is 5.73. The van der Waals surface area contributed by atoms with E-state index in [1.807, 2.05) is 17.5 Å². The Morgan fingerprint density at radius 3 is 2.33 bits per heavy atom. The molecule has 0 aromatic carbocycles. The van der Waals surface area contributed by atoms with Crippen LogP contribution in [0.25, 0.3) is 10.6 Å². The molecule has 8 heteroatoms. The monoisotopic (exact) mass is 383 g/mol. The minimum Gasteiger partial charge on any atom is -0.336 e. The lowest BCUT2D eigenvalue weighted by atomic mass is 9.70. The number of nitrogens with zero attached hydrogens (tertiary/aromatic N) is 1. The molecule has 3 fully saturated rings. The van der Waals surface area contributed by atoms with Crippen LogP contribution in [0.1, 0.15) is 29.6 Å². The van der Waals surface area contributed by atoms with Crippen molar-refractivity contribution >= 4 is 29.1 Å². The van der Waals surface area contributed by atoms with Crippen molar-refractivity contribution in [2.24, 2.45) is 10.8 Å². The number of aromatic nitrogens is 1. The fraction of sp³-hybridized carbons (Fsp3) is 0.368. The van der Waals surface area contributed by atoms with Gasteiger partial charge in [0, 0.05) is 13.1 Å². The van der Waals surface area contributed by atoms with E-state index >= 15 is 0 Å². The van der Waals surface area contributed by atoms with Crippen molar-refractivity contribution in [3.8, 4) is 10.6 Å². The second-order valence-corrected chi connectivity index (χ2v) is 8.50. The van der Waals surface area contributed by atoms with Crippen molar-refractivity contribution in [3.05, 3.63) is 45.6 Å². The molecule has 0 spiro atoms. The van der Waals surface area contributed by atoms with Crippen molar-refractivity contribution < 1.29 is 14.4 Å². The molecule has 2 atom stereocenters. The Hall–Kier alpha value is -2.74. The summed E-state index contributed by atoms with van der Waals surface area (Å²) in [6.07, 6.45) is 2.00. The molecule has 2 aromatic heterocycles. The molecule has 2 aromatic rings. The van der Waals surface area contributed by atoms with E-state index in [0.717, 1.165) is 11.3 Å². The van der Waals surface area contributed by atoms with Gasteiger partial charge < -0.3 is 9.88 Å². The number of amides is 3. The summed E-state index contributed by atoms with van der Waals surface area (Å²) in [6.45, 7) is 0.380. The van der Waals surface area contributed by atoms with Crippen molar-refractivity contribution in [1.82, 2.24) is 15.2 Å². The molecule has 1 aliphatic carbocycles. The quantitative estimate of drug-likeness (QED) is 0.765. The summed E-state index contributed by atoms with van der Waals surface area (Å²) in [4.78, 5) is 55.6. The minimum atomic E-state index is -0.830. The first-order valence-electron chi connectivity index (χ1n) is 8.89. The van der Waals surface area contributed by atoms with Crippen LogP contribution >= 0.6 is 11.3 Å². The second kappa shape index (κ2) is 5.39. The Labute approximate surface area is 158 Å². The van der Waals surface area contributed by atoms with Gasteiger partial charge in [0.05, 0.1) is 21.4 Å². The van der Waals surface area contributed by atoms with E-state index in [1.165, 1.54) is 22.3 Å². The Morgan fingerprint density at radius 2 is 1.74 bits per heavy atom. The standard InChI is InChI=1S/C19H17N3O4S/c23-14-11(4-5-12(20-14)13-3-1-8-27-13)15(24)22-9-18-6-2-7-19(18,10-22)17(26)21-16(18)25/h1,3-5,8H,2,6-7,9-10H2,(H,20,23)(H,21,25,26). The summed E-state index contributed by atoms with van der Waals surface area (Å²) in [5, 5.41) is 4.37. The van der Waals surface area contributed by atoms with E-state index < -0.39 is 22.3 Å². The molecule has 5 rings (SSSR count). The van der Waals surface area contributed by atoms with E-state index in [4.69, 9.17) is 0 Å². The molecule has 27 heavy (non-hydrogen) atoms. The number of carbonyl (C=O) groups is 3. The second-order valence-electron chi connectivity index (χ2n) is 7.55. The third-order valence-corrected chi connectivity index (χ3v) is 7.26. The van der Waals surface area contributed by atoms with Gasteiger partial charge in [-0.15, -0.1) is 11.3 Å². The maximum Gasteiger partial charge on any atom is 0.261 e. The van der Waals surface area contributed by atoms with E-state index in [2.05, 4.69) is 10.3 Å². The normalized spacial score (nSPS) is 29.0. The molecule has 2 N–H and O–H groups in total. The molecular weight excluding hydrogens is 366 g/mol. The van der Waals surface area contributed by atoms with Crippen LogP contribution in [0.5, 0.6) is 0 Å². The summed E-state index contributed by atoms with van der Waals surface area (Å²) in [6, 6.07) is 7.02. The number of H-pyrrole nitrogens is 1. The molecule has 3 aliphatic rings. The first kappa shape index (κ1) is 16.4. The van der Waals surface area contributed by atoms with Gasteiger partial charge in [-0.25, -0.2) is 0 Å². The molecule has 0 bridgehead atoms. The van der Waals surface area contributed by atoms with Crippen LogP contribution in [0.4, 0.5) is 0 Å². The first-order valence-corrected chi connectivity index (χ1v) is 9.77. The molecule has 2 aliphatic heterocycles. The van der Waals surface area contributed by atoms with Gasteiger partial charge >= 0.3 is 0 Å². The van der Waals surface area contributed by atoms with Gasteiger partial charge in [-0.2, -0.15) is 0 Å². The van der Waals surface area contributed by atoms with Crippen LogP contribution in [0.15, 0.2) is 34.4 Å². The number of hydrogen-bond donors (Lipinski definition) is 2. The molecule has 2 unspecified atom stereocenters. The SMILES string of the molecule is O=C(c1ccc(-c2cccs2)[nH]c1=O)N1CC23CCCC2(C1)C(=O)NC3=O. The zero-order valence-corrected chi connectivity index (χ0v) is 15.2. The Morgan fingerprint density at radius 1 is 1.04 bits per heavy atom. The molecule has 4 heterocycles. The van der Waals surface area contributed by atoms with Gasteiger partial charge in [0.15, 0.2) is 0 Å². The maximum atomic E-state index is 13.0. The van der Waals surface area contributed by atoms with Crippen LogP contribution in [0.3, 0.4) is 0 Å². The van der Waals surface area contributed by atoms with Crippen LogP contribution < -0.4 is 10.9 Å². The predicted molar refractivity (Wildman–Crippen MR) is 98.1 cm³/mol. The van der Waals surface area contributed by atoms with Crippen LogP contribution in [-0.4, -0.2) is 40.7 Å². The van der Waals surface area contributed by atoms with Gasteiger partial charge in [0.1, 0.15) is 5.56 Å². The molecule has 0 radical (unpaired) electrons. The Bertz CT molecular complexity index is 1010. The highest BCUT2D eigenvalue weighted by Gasteiger charge is 2.72. The minimum absolute atomic E-state index is 0.0361. The highest BCUT2D eigenvalue weighted by Crippen LogP contribution is 2.60. The van der Waals surface area contributed by atoms with Crippen molar-refractivity contribution in [1.29, 1.82) is 0 Å². The largest absolute Gasteiger partial charge is 0.336 e. The summed E-state index contributed by atoms with van der Waals surface area (Å²) >= 11 is 1.50. The average molecular weight is 383 g/mol. The number of pyridine rings is 1. The van der Waals surface area contributed by atoms with E-state index in [9.17, 15) is 19.2 Å². The topological polar surface area (TPSA) is 99.3 Å². The number of likely N-dealkylation sites (tertiary alicyclic amines) is 1. The van der Waals surface area contributed by atoms with Crippen molar-refractivity contribution in [2.45, 2.75) is 19.3 Å². The van der Waals surface area contributed by atoms with Crippen molar-refractivity contribution in [3.63, 3.8) is 0 Å². The van der Waals surface area contributed by atoms with Gasteiger partial charge in [-0.1, -0.05) is 12.5 Å². The fourth-order valence-electron chi connectivity index (χ4n) is 5.02. The Balaban J connectivity index is 1.47. The lowest BCUT2D eigenvalue weighted by molar-refractivity contribution is -0.129. The molecule has 3 amide bonds. The highest BCUT2D eigenvalue weighted by atomic mass is 32.1. The zero-order chi connectivity index (χ0) is 18.8. The summed E-state index contributed by atoms with van der Waals surface area (Å²) < 4.78 is 0. The molecule has 7 nitrogen and oxygen atoms in total. The summed E-state index contributed by atoms with van der Waals surface area (Å²) in [5.74, 6) is -0.978. The molecule has 138 valence electrons. The van der Waals surface area contributed by atoms with Crippen LogP contribution in [-0.2, 0) is 9.59 Å². The number of carbonyl (C=O) groups excluding carboxylic acids is 3. The lowest BCUT2D eigenvalue weighted by Crippen LogP contribution is -2.41. The highest BCUT2D eigenvalue weighted by molar-refractivity contribution is 7.13. The van der Waals surface area contributed by atoms with Gasteiger partial charge in [-0.3, -0.25) is 24.5 Å². The predicted octanol–water partition coefficient (Wildman–Crippen LogP) is 1.37. The summed E-state index contributed by atoms with van der Waals surface area (Å²) in [5.41, 5.74) is -1.42. The molecule has 2 saturated heterocycles. The maximum absolute atomic E-state index is 13.0.